The molecule has 0 aliphatic rings. The first kappa shape index (κ1) is 13.6. The predicted molar refractivity (Wildman–Crippen MR) is 60.2 cm³/mol. The molecule has 0 fully saturated rings. The minimum atomic E-state index is -3.16. The molecule has 0 spiro atoms. The molecular weight excluding hydrogens is 254 g/mol. The SMILES string of the molecule is CS(=O)(=O)CCNc1nc(NN)c(F)cc1F. The van der Waals surface area contributed by atoms with E-state index in [-0.39, 0.29) is 23.9 Å². The van der Waals surface area contributed by atoms with Gasteiger partial charge in [0.2, 0.25) is 0 Å². The Kier molecular flexibility index (Phi) is 4.18. The van der Waals surface area contributed by atoms with E-state index in [0.29, 0.717) is 6.07 Å². The zero-order chi connectivity index (χ0) is 13.1. The van der Waals surface area contributed by atoms with E-state index < -0.39 is 21.5 Å². The van der Waals surface area contributed by atoms with Crippen molar-refractivity contribution in [3.8, 4) is 0 Å². The van der Waals surface area contributed by atoms with Gasteiger partial charge in [-0.2, -0.15) is 0 Å². The number of nitrogens with two attached hydrogens (primary N) is 1. The normalized spacial score (nSPS) is 11.3. The number of hydrogen-bond acceptors (Lipinski definition) is 6. The number of pyridine rings is 1. The fourth-order valence-corrected chi connectivity index (χ4v) is 1.52. The Morgan fingerprint density at radius 3 is 2.47 bits per heavy atom. The molecule has 0 saturated heterocycles. The van der Waals surface area contributed by atoms with Crippen LogP contribution in [0.5, 0.6) is 0 Å². The van der Waals surface area contributed by atoms with Crippen LogP contribution in [0.3, 0.4) is 0 Å². The third-order valence-electron chi connectivity index (χ3n) is 1.83. The number of sulfone groups is 1. The van der Waals surface area contributed by atoms with E-state index in [1.54, 1.807) is 0 Å². The molecule has 4 N–H and O–H groups in total. The molecule has 1 rings (SSSR count). The summed E-state index contributed by atoms with van der Waals surface area (Å²) >= 11 is 0. The second-order valence-electron chi connectivity index (χ2n) is 3.35. The third-order valence-corrected chi connectivity index (χ3v) is 2.78. The number of hydrazine groups is 1. The average Bonchev–Trinajstić information content (AvgIpc) is 2.19. The largest absolute Gasteiger partial charge is 0.367 e. The van der Waals surface area contributed by atoms with E-state index in [4.69, 9.17) is 5.84 Å². The molecular formula is C8H12F2N4O2S. The highest BCUT2D eigenvalue weighted by molar-refractivity contribution is 7.90. The highest BCUT2D eigenvalue weighted by Gasteiger charge is 2.11. The van der Waals surface area contributed by atoms with Crippen molar-refractivity contribution in [2.75, 3.05) is 29.3 Å². The standard InChI is InChI=1S/C8H12F2N4O2S/c1-17(15,16)3-2-12-7-5(9)4-6(10)8(13-7)14-11/h4H,2-3,11H2,1H3,(H2,12,13,14). The molecule has 1 heterocycles. The second kappa shape index (κ2) is 5.23. The summed E-state index contributed by atoms with van der Waals surface area (Å²) in [6.07, 6.45) is 1.05. The van der Waals surface area contributed by atoms with Crippen LogP contribution in [0.2, 0.25) is 0 Å². The number of nitrogen functional groups attached to an aromatic ring is 1. The maximum Gasteiger partial charge on any atom is 0.178 e. The molecule has 17 heavy (non-hydrogen) atoms. The Hall–Kier alpha value is -1.48. The van der Waals surface area contributed by atoms with Gasteiger partial charge in [-0.05, 0) is 0 Å². The van der Waals surface area contributed by atoms with Crippen molar-refractivity contribution in [3.05, 3.63) is 17.7 Å². The summed E-state index contributed by atoms with van der Waals surface area (Å²) in [4.78, 5) is 3.52. The summed E-state index contributed by atoms with van der Waals surface area (Å²) in [6, 6.07) is 0.602. The molecule has 1 aromatic heterocycles. The maximum absolute atomic E-state index is 13.2. The van der Waals surface area contributed by atoms with E-state index in [0.717, 1.165) is 6.26 Å². The smallest absolute Gasteiger partial charge is 0.178 e. The molecule has 0 saturated carbocycles. The van der Waals surface area contributed by atoms with E-state index in [9.17, 15) is 17.2 Å². The first-order valence-corrected chi connectivity index (χ1v) is 6.64. The molecule has 6 nitrogen and oxygen atoms in total. The van der Waals surface area contributed by atoms with Crippen LogP contribution in [0.4, 0.5) is 20.4 Å². The van der Waals surface area contributed by atoms with Gasteiger partial charge in [0.25, 0.3) is 0 Å². The molecule has 0 aliphatic heterocycles. The van der Waals surface area contributed by atoms with E-state index in [2.05, 4.69) is 10.3 Å². The van der Waals surface area contributed by atoms with Crippen molar-refractivity contribution in [1.29, 1.82) is 0 Å². The van der Waals surface area contributed by atoms with Gasteiger partial charge in [-0.25, -0.2) is 28.0 Å². The Labute approximate surface area is 97.1 Å². The molecule has 96 valence electrons. The van der Waals surface area contributed by atoms with Crippen molar-refractivity contribution >= 4 is 21.5 Å². The molecule has 0 aromatic carbocycles. The van der Waals surface area contributed by atoms with Crippen LogP contribution < -0.4 is 16.6 Å². The van der Waals surface area contributed by atoms with Gasteiger partial charge in [-0.1, -0.05) is 0 Å². The first-order valence-electron chi connectivity index (χ1n) is 4.58. The van der Waals surface area contributed by atoms with Crippen molar-refractivity contribution in [3.63, 3.8) is 0 Å². The second-order valence-corrected chi connectivity index (χ2v) is 5.61. The van der Waals surface area contributed by atoms with Crippen LogP contribution in [-0.4, -0.2) is 32.0 Å². The Bertz CT molecular complexity index is 506. The number of nitrogens with zero attached hydrogens (tertiary/aromatic N) is 1. The van der Waals surface area contributed by atoms with Crippen molar-refractivity contribution < 1.29 is 17.2 Å². The zero-order valence-corrected chi connectivity index (χ0v) is 9.81. The molecule has 0 unspecified atom stereocenters. The summed E-state index contributed by atoms with van der Waals surface area (Å²) < 4.78 is 47.9. The van der Waals surface area contributed by atoms with Crippen LogP contribution in [0.25, 0.3) is 0 Å². The molecule has 0 radical (unpaired) electrons. The number of anilines is 2. The molecule has 0 amide bonds. The minimum Gasteiger partial charge on any atom is -0.367 e. The highest BCUT2D eigenvalue weighted by atomic mass is 32.2. The number of nitrogens with one attached hydrogen (secondary N) is 2. The number of aromatic nitrogens is 1. The summed E-state index contributed by atoms with van der Waals surface area (Å²) in [7, 11) is -3.16. The molecule has 0 bridgehead atoms. The summed E-state index contributed by atoms with van der Waals surface area (Å²) in [5, 5.41) is 2.44. The van der Waals surface area contributed by atoms with Crippen LogP contribution >= 0.6 is 0 Å². The topological polar surface area (TPSA) is 97.1 Å². The van der Waals surface area contributed by atoms with Gasteiger partial charge in [-0.3, -0.25) is 0 Å². The monoisotopic (exact) mass is 266 g/mol. The van der Waals surface area contributed by atoms with Crippen molar-refractivity contribution in [2.45, 2.75) is 0 Å². The lowest BCUT2D eigenvalue weighted by Gasteiger charge is -2.08. The van der Waals surface area contributed by atoms with Gasteiger partial charge in [0.15, 0.2) is 23.3 Å². The minimum absolute atomic E-state index is 0.0294. The van der Waals surface area contributed by atoms with Crippen molar-refractivity contribution in [2.24, 2.45) is 5.84 Å². The number of hydrogen-bond donors (Lipinski definition) is 3. The maximum atomic E-state index is 13.2. The number of rotatable bonds is 5. The summed E-state index contributed by atoms with van der Waals surface area (Å²) in [5.74, 6) is 2.35. The molecule has 1 aromatic rings. The molecule has 9 heteroatoms. The van der Waals surface area contributed by atoms with Crippen LogP contribution in [-0.2, 0) is 9.84 Å². The number of halogens is 2. The summed E-state index contributed by atoms with van der Waals surface area (Å²) in [5.41, 5.74) is 1.96. The highest BCUT2D eigenvalue weighted by Crippen LogP contribution is 2.17. The average molecular weight is 266 g/mol. The first-order chi connectivity index (χ1) is 7.83. The molecule has 0 atom stereocenters. The van der Waals surface area contributed by atoms with Gasteiger partial charge in [-0.15, -0.1) is 0 Å². The molecule has 0 aliphatic carbocycles. The fourth-order valence-electron chi connectivity index (χ4n) is 1.05. The quantitative estimate of drug-likeness (QED) is 0.516. The zero-order valence-electron chi connectivity index (χ0n) is 9.00. The van der Waals surface area contributed by atoms with E-state index in [1.165, 1.54) is 0 Å². The predicted octanol–water partition coefficient (Wildman–Crippen LogP) is 0.102. The third kappa shape index (κ3) is 4.11. The lowest BCUT2D eigenvalue weighted by atomic mass is 10.4. The van der Waals surface area contributed by atoms with Crippen LogP contribution in [0, 0.1) is 11.6 Å². The van der Waals surface area contributed by atoms with Gasteiger partial charge >= 0.3 is 0 Å². The van der Waals surface area contributed by atoms with Crippen molar-refractivity contribution in [1.82, 2.24) is 4.98 Å². The fraction of sp³-hybridized carbons (Fsp3) is 0.375. The Balaban J connectivity index is 2.77. The van der Waals surface area contributed by atoms with Crippen LogP contribution in [0.1, 0.15) is 0 Å². The van der Waals surface area contributed by atoms with Gasteiger partial charge in [0, 0.05) is 18.9 Å². The summed E-state index contributed by atoms with van der Waals surface area (Å²) in [6.45, 7) is -0.0294. The Morgan fingerprint density at radius 1 is 1.35 bits per heavy atom. The lowest BCUT2D eigenvalue weighted by molar-refractivity contribution is 0.578. The van der Waals surface area contributed by atoms with E-state index >= 15 is 0 Å². The lowest BCUT2D eigenvalue weighted by Crippen LogP contribution is -2.17. The Morgan fingerprint density at radius 2 is 1.94 bits per heavy atom. The van der Waals surface area contributed by atoms with Gasteiger partial charge < -0.3 is 10.7 Å². The van der Waals surface area contributed by atoms with Gasteiger partial charge in [0.1, 0.15) is 9.84 Å². The van der Waals surface area contributed by atoms with Gasteiger partial charge in [0.05, 0.1) is 5.75 Å². The van der Waals surface area contributed by atoms with E-state index in [1.807, 2.05) is 5.43 Å². The van der Waals surface area contributed by atoms with Crippen LogP contribution in [0.15, 0.2) is 6.07 Å².